The second-order valence-electron chi connectivity index (χ2n) is 2.19. The van der Waals surface area contributed by atoms with E-state index in [2.05, 4.69) is 14.8 Å². The molecule has 0 saturated heterocycles. The number of halogens is 1. The molecule has 0 amide bonds. The van der Waals surface area contributed by atoms with E-state index in [4.69, 9.17) is 16.3 Å². The number of hydrogen-bond acceptors (Lipinski definition) is 5. The topological polar surface area (TPSA) is 47.9 Å². The van der Waals surface area contributed by atoms with Crippen molar-refractivity contribution in [1.82, 2.24) is 14.8 Å². The van der Waals surface area contributed by atoms with Crippen LogP contribution in [0.1, 0.15) is 0 Å². The first-order chi connectivity index (χ1) is 6.34. The first-order valence-electron chi connectivity index (χ1n) is 3.43. The zero-order valence-corrected chi connectivity index (χ0v) is 7.92. The van der Waals surface area contributed by atoms with Crippen LogP contribution in [0, 0.1) is 0 Å². The quantitative estimate of drug-likeness (QED) is 0.769. The van der Waals surface area contributed by atoms with Crippen molar-refractivity contribution < 1.29 is 4.74 Å². The van der Waals surface area contributed by atoms with Gasteiger partial charge < -0.3 is 4.74 Å². The van der Waals surface area contributed by atoms with Crippen LogP contribution in [0.25, 0.3) is 0 Å². The minimum Gasteiger partial charge on any atom is -0.429 e. The van der Waals surface area contributed by atoms with Crippen LogP contribution < -0.4 is 4.74 Å². The van der Waals surface area contributed by atoms with Gasteiger partial charge in [0.1, 0.15) is 5.75 Å². The Hall–Kier alpha value is -1.20. The Bertz CT molecular complexity index is 392. The van der Waals surface area contributed by atoms with Crippen molar-refractivity contribution >= 4 is 23.1 Å². The third-order valence-electron chi connectivity index (χ3n) is 1.28. The van der Waals surface area contributed by atoms with Gasteiger partial charge in [-0.15, -0.1) is 0 Å². The van der Waals surface area contributed by atoms with Crippen molar-refractivity contribution in [1.29, 1.82) is 0 Å². The van der Waals surface area contributed by atoms with Gasteiger partial charge in [0.2, 0.25) is 0 Å². The fourth-order valence-electron chi connectivity index (χ4n) is 0.797. The average Bonchev–Trinajstić information content (AvgIpc) is 2.57. The summed E-state index contributed by atoms with van der Waals surface area (Å²) in [4.78, 5) is 0. The predicted molar refractivity (Wildman–Crippen MR) is 49.2 cm³/mol. The van der Waals surface area contributed by atoms with E-state index >= 15 is 0 Å². The maximum Gasteiger partial charge on any atom is 0.319 e. The summed E-state index contributed by atoms with van der Waals surface area (Å²) in [6, 6.07) is 7.05. The number of rotatable bonds is 2. The number of ether oxygens (including phenoxy) is 1. The maximum absolute atomic E-state index is 5.76. The highest BCUT2D eigenvalue weighted by Gasteiger charge is 2.00. The molecule has 0 radical (unpaired) electrons. The zero-order chi connectivity index (χ0) is 9.10. The van der Waals surface area contributed by atoms with E-state index in [0.717, 1.165) is 11.5 Å². The highest BCUT2D eigenvalue weighted by Crippen LogP contribution is 2.23. The number of hydrogen-bond donors (Lipinski definition) is 0. The van der Waals surface area contributed by atoms with Crippen LogP contribution in [0.4, 0.5) is 0 Å². The third-order valence-corrected chi connectivity index (χ3v) is 1.99. The lowest BCUT2D eigenvalue weighted by molar-refractivity contribution is 0.472. The van der Waals surface area contributed by atoms with E-state index in [1.165, 1.54) is 0 Å². The summed E-state index contributed by atoms with van der Waals surface area (Å²) in [5.74, 6) is 0.631. The second kappa shape index (κ2) is 3.68. The number of benzene rings is 1. The molecule has 0 aliphatic rings. The minimum absolute atomic E-state index is 0.405. The van der Waals surface area contributed by atoms with Gasteiger partial charge in [0, 0.05) is 16.6 Å². The first kappa shape index (κ1) is 8.40. The molecule has 66 valence electrons. The normalized spacial score (nSPS) is 9.92. The van der Waals surface area contributed by atoms with Crippen molar-refractivity contribution in [2.45, 2.75) is 0 Å². The first-order valence-corrected chi connectivity index (χ1v) is 4.58. The molecule has 0 aliphatic heterocycles. The third kappa shape index (κ3) is 2.13. The summed E-state index contributed by atoms with van der Waals surface area (Å²) in [6.07, 6.45) is 0. The van der Waals surface area contributed by atoms with Gasteiger partial charge in [0.05, 0.1) is 0 Å². The molecule has 0 N–H and O–H groups in total. The summed E-state index contributed by atoms with van der Waals surface area (Å²) in [6.45, 7) is 0. The minimum atomic E-state index is 0.405. The molecule has 0 bridgehead atoms. The maximum atomic E-state index is 5.76. The largest absolute Gasteiger partial charge is 0.429 e. The Kier molecular flexibility index (Phi) is 2.37. The van der Waals surface area contributed by atoms with Crippen molar-refractivity contribution in [2.24, 2.45) is 0 Å². The van der Waals surface area contributed by atoms with E-state index < -0.39 is 0 Å². The van der Waals surface area contributed by atoms with Crippen LogP contribution in [0.2, 0.25) is 5.02 Å². The van der Waals surface area contributed by atoms with E-state index in [1.807, 2.05) is 0 Å². The molecular formula is C7H4ClN3OS. The Labute approximate surface area is 83.3 Å². The predicted octanol–water partition coefficient (Wildman–Crippen LogP) is 2.38. The van der Waals surface area contributed by atoms with E-state index in [0.29, 0.717) is 16.0 Å². The Morgan fingerprint density at radius 2 is 2.31 bits per heavy atom. The molecule has 4 nitrogen and oxygen atoms in total. The van der Waals surface area contributed by atoms with Gasteiger partial charge in [-0.05, 0) is 23.4 Å². The molecule has 0 fully saturated rings. The second-order valence-corrected chi connectivity index (χ2v) is 3.32. The van der Waals surface area contributed by atoms with Crippen LogP contribution in [-0.2, 0) is 0 Å². The fourth-order valence-corrected chi connectivity index (χ4v) is 1.33. The molecule has 6 heteroatoms. The Morgan fingerprint density at radius 1 is 1.38 bits per heavy atom. The molecule has 0 aliphatic carbocycles. The fraction of sp³-hybridized carbons (Fsp3) is 0. The Morgan fingerprint density at radius 3 is 3.00 bits per heavy atom. The number of aromatic nitrogens is 3. The van der Waals surface area contributed by atoms with Crippen molar-refractivity contribution in [3.8, 4) is 10.9 Å². The van der Waals surface area contributed by atoms with Gasteiger partial charge in [-0.25, -0.2) is 0 Å². The SMILES string of the molecule is Clc1cccc(Oc2nnns2)c1. The van der Waals surface area contributed by atoms with Crippen molar-refractivity contribution in [3.63, 3.8) is 0 Å². The van der Waals surface area contributed by atoms with Crippen LogP contribution in [0.5, 0.6) is 10.9 Å². The number of nitrogens with zero attached hydrogens (tertiary/aromatic N) is 3. The summed E-state index contributed by atoms with van der Waals surface area (Å²) in [5.41, 5.74) is 0. The van der Waals surface area contributed by atoms with E-state index in [1.54, 1.807) is 24.3 Å². The van der Waals surface area contributed by atoms with Crippen LogP contribution in [0.3, 0.4) is 0 Å². The summed E-state index contributed by atoms with van der Waals surface area (Å²) in [5, 5.41) is 8.06. The molecule has 2 aromatic rings. The Balaban J connectivity index is 2.19. The summed E-state index contributed by atoms with van der Waals surface area (Å²) in [7, 11) is 0. The van der Waals surface area contributed by atoms with Crippen LogP contribution in [0.15, 0.2) is 24.3 Å². The summed E-state index contributed by atoms with van der Waals surface area (Å²) < 4.78 is 8.86. The zero-order valence-electron chi connectivity index (χ0n) is 6.35. The van der Waals surface area contributed by atoms with E-state index in [9.17, 15) is 0 Å². The lowest BCUT2D eigenvalue weighted by Gasteiger charge is -1.99. The summed E-state index contributed by atoms with van der Waals surface area (Å²) >= 11 is 6.84. The molecule has 0 saturated carbocycles. The molecule has 13 heavy (non-hydrogen) atoms. The van der Waals surface area contributed by atoms with Crippen molar-refractivity contribution in [3.05, 3.63) is 29.3 Å². The van der Waals surface area contributed by atoms with Gasteiger partial charge in [-0.2, -0.15) is 0 Å². The molecule has 0 unspecified atom stereocenters. The lowest BCUT2D eigenvalue weighted by atomic mass is 10.3. The van der Waals surface area contributed by atoms with Gasteiger partial charge in [-0.3, -0.25) is 0 Å². The van der Waals surface area contributed by atoms with Gasteiger partial charge in [0.15, 0.2) is 0 Å². The highest BCUT2D eigenvalue weighted by atomic mass is 35.5. The molecule has 0 atom stereocenters. The molecule has 1 aromatic heterocycles. The highest BCUT2D eigenvalue weighted by molar-refractivity contribution is 7.07. The average molecular weight is 214 g/mol. The van der Waals surface area contributed by atoms with Crippen LogP contribution >= 0.6 is 23.1 Å². The molecular weight excluding hydrogens is 210 g/mol. The smallest absolute Gasteiger partial charge is 0.319 e. The lowest BCUT2D eigenvalue weighted by Crippen LogP contribution is -1.82. The monoisotopic (exact) mass is 213 g/mol. The molecule has 2 rings (SSSR count). The standard InChI is InChI=1S/C7H4ClN3OS/c8-5-2-1-3-6(4-5)12-7-9-10-11-13-7/h1-4H. The molecule has 1 aromatic carbocycles. The van der Waals surface area contributed by atoms with Crippen LogP contribution in [-0.4, -0.2) is 14.8 Å². The van der Waals surface area contributed by atoms with E-state index in [-0.39, 0.29) is 0 Å². The molecule has 0 spiro atoms. The van der Waals surface area contributed by atoms with Gasteiger partial charge >= 0.3 is 5.19 Å². The van der Waals surface area contributed by atoms with Gasteiger partial charge in [0.25, 0.3) is 0 Å². The van der Waals surface area contributed by atoms with Crippen molar-refractivity contribution in [2.75, 3.05) is 0 Å². The molecule has 1 heterocycles. The van der Waals surface area contributed by atoms with Gasteiger partial charge in [-0.1, -0.05) is 27.3 Å².